The maximum absolute atomic E-state index is 13.9. The van der Waals surface area contributed by atoms with Crippen molar-refractivity contribution < 1.29 is 57.5 Å². The van der Waals surface area contributed by atoms with Crippen LogP contribution in [0.25, 0.3) is 0 Å². The van der Waals surface area contributed by atoms with Crippen molar-refractivity contribution in [1.82, 2.24) is 9.97 Å². The fourth-order valence-corrected chi connectivity index (χ4v) is 5.89. The third-order valence-corrected chi connectivity index (χ3v) is 8.48. The highest BCUT2D eigenvalue weighted by atomic mass is 32.2. The van der Waals surface area contributed by atoms with E-state index in [9.17, 15) is 52.7 Å². The van der Waals surface area contributed by atoms with Crippen LogP contribution in [0.3, 0.4) is 0 Å². The number of rotatable bonds is 6. The van der Waals surface area contributed by atoms with Crippen LogP contribution in [0.4, 0.5) is 50.0 Å². The van der Waals surface area contributed by atoms with Gasteiger partial charge in [0.15, 0.2) is 0 Å². The first-order valence-corrected chi connectivity index (χ1v) is 15.7. The van der Waals surface area contributed by atoms with Crippen molar-refractivity contribution in [2.75, 3.05) is 17.8 Å². The zero-order chi connectivity index (χ0) is 35.3. The Morgan fingerprint density at radius 2 is 1.53 bits per heavy atom. The number of carbonyl (C=O) groups is 1. The Labute approximate surface area is 262 Å². The maximum atomic E-state index is 13.9. The van der Waals surface area contributed by atoms with Crippen LogP contribution in [0.15, 0.2) is 47.8 Å². The number of fused-ring (bicyclic) bond motifs is 1. The predicted octanol–water partition coefficient (Wildman–Crippen LogP) is 7.09. The number of nitrogens with zero attached hydrogens (tertiary/aromatic N) is 3. The normalized spacial score (nSPS) is 19.0. The summed E-state index contributed by atoms with van der Waals surface area (Å²) < 4.78 is 153. The number of halogens is 9. The SMILES string of the molecule is CCOC(=O)N1c2ccc(C(F)(F)F)cc2[C@@H](c2nc(S(C)(=O)=O)ncc2Cc2cc(C(F)(F)F)cc(C(F)(F)F)c2)C[C@@]1(N)CC. The summed E-state index contributed by atoms with van der Waals surface area (Å²) in [5, 5.41) is -0.809. The first-order chi connectivity index (χ1) is 21.5. The number of amides is 1. The average molecular weight is 699 g/mol. The standard InChI is InChI=1S/C29H27F9N4O4S/c1-4-26(39)13-21(20-12-17(27(30,31)32)6-7-22(20)42(26)25(43)46-5-2)23-16(14-40-24(41-23)47(3,44)45)8-15-9-18(28(33,34)35)11-19(10-15)29(36,37)38/h6-7,9-12,14,21H,4-5,8,13,39H2,1-3H3/t21-,26+/m0/s1. The molecule has 2 atom stereocenters. The quantitative estimate of drug-likeness (QED) is 0.216. The number of nitrogens with two attached hydrogens (primary N) is 1. The molecule has 0 fully saturated rings. The number of anilines is 1. The topological polar surface area (TPSA) is 115 Å². The second kappa shape index (κ2) is 12.3. The summed E-state index contributed by atoms with van der Waals surface area (Å²) in [7, 11) is -4.20. The number of alkyl halides is 9. The lowest BCUT2D eigenvalue weighted by Gasteiger charge is -2.47. The lowest BCUT2D eigenvalue weighted by Crippen LogP contribution is -2.61. The van der Waals surface area contributed by atoms with Crippen molar-refractivity contribution in [3.63, 3.8) is 0 Å². The van der Waals surface area contributed by atoms with Gasteiger partial charge in [0, 0.05) is 24.8 Å². The van der Waals surface area contributed by atoms with Crippen molar-refractivity contribution >= 4 is 21.6 Å². The van der Waals surface area contributed by atoms with Gasteiger partial charge in [-0.25, -0.2) is 23.2 Å². The average Bonchev–Trinajstić information content (AvgIpc) is 2.94. The van der Waals surface area contributed by atoms with E-state index in [1.54, 1.807) is 6.92 Å². The van der Waals surface area contributed by atoms with E-state index >= 15 is 0 Å². The van der Waals surface area contributed by atoms with Gasteiger partial charge >= 0.3 is 24.6 Å². The van der Waals surface area contributed by atoms with Gasteiger partial charge in [-0.1, -0.05) is 6.92 Å². The molecule has 2 heterocycles. The van der Waals surface area contributed by atoms with Crippen LogP contribution in [-0.2, 0) is 39.5 Å². The van der Waals surface area contributed by atoms with Crippen molar-refractivity contribution in [1.29, 1.82) is 0 Å². The molecule has 2 aromatic carbocycles. The summed E-state index contributed by atoms with van der Waals surface area (Å²) >= 11 is 0. The van der Waals surface area contributed by atoms with Gasteiger partial charge in [0.25, 0.3) is 0 Å². The molecule has 47 heavy (non-hydrogen) atoms. The van der Waals surface area contributed by atoms with E-state index in [0.29, 0.717) is 24.3 Å². The molecule has 2 N–H and O–H groups in total. The van der Waals surface area contributed by atoms with E-state index in [4.69, 9.17) is 10.5 Å². The molecular formula is C29H27F9N4O4S. The zero-order valence-electron chi connectivity index (χ0n) is 24.8. The highest BCUT2D eigenvalue weighted by molar-refractivity contribution is 7.90. The summed E-state index contributed by atoms with van der Waals surface area (Å²) in [5.74, 6) is -1.35. The van der Waals surface area contributed by atoms with Crippen LogP contribution in [0.1, 0.15) is 71.7 Å². The minimum Gasteiger partial charge on any atom is -0.449 e. The Morgan fingerprint density at radius 3 is 2.02 bits per heavy atom. The van der Waals surface area contributed by atoms with Gasteiger partial charge in [0.05, 0.1) is 34.7 Å². The highest BCUT2D eigenvalue weighted by Crippen LogP contribution is 2.48. The van der Waals surface area contributed by atoms with Gasteiger partial charge in [0.1, 0.15) is 5.66 Å². The molecule has 0 aliphatic carbocycles. The molecule has 1 aromatic heterocycles. The van der Waals surface area contributed by atoms with E-state index in [1.807, 2.05) is 0 Å². The van der Waals surface area contributed by atoms with E-state index in [2.05, 4.69) is 9.97 Å². The molecule has 1 amide bonds. The Morgan fingerprint density at radius 1 is 0.957 bits per heavy atom. The summed E-state index contributed by atoms with van der Waals surface area (Å²) in [4.78, 5) is 21.9. The molecule has 3 aromatic rings. The molecule has 0 radical (unpaired) electrons. The fraction of sp³-hybridized carbons (Fsp3) is 0.414. The number of benzene rings is 2. The molecule has 0 saturated carbocycles. The van der Waals surface area contributed by atoms with Crippen LogP contribution in [0, 0.1) is 0 Å². The summed E-state index contributed by atoms with van der Waals surface area (Å²) in [6, 6.07) is 3.20. The number of carbonyl (C=O) groups excluding carboxylic acids is 1. The predicted molar refractivity (Wildman–Crippen MR) is 149 cm³/mol. The van der Waals surface area contributed by atoms with Crippen LogP contribution < -0.4 is 10.6 Å². The monoisotopic (exact) mass is 698 g/mol. The van der Waals surface area contributed by atoms with E-state index < -0.39 is 86.3 Å². The Balaban J connectivity index is 2.03. The highest BCUT2D eigenvalue weighted by Gasteiger charge is 2.47. The van der Waals surface area contributed by atoms with E-state index in [1.165, 1.54) is 6.92 Å². The number of ether oxygens (including phenoxy) is 1. The second-order valence-electron chi connectivity index (χ2n) is 10.9. The lowest BCUT2D eigenvalue weighted by atomic mass is 9.77. The van der Waals surface area contributed by atoms with Crippen molar-refractivity contribution in [3.05, 3.63) is 81.7 Å². The summed E-state index contributed by atoms with van der Waals surface area (Å²) in [6.07, 6.45) is -15.8. The Bertz CT molecular complexity index is 1760. The van der Waals surface area contributed by atoms with Crippen LogP contribution in [0.5, 0.6) is 0 Å². The second-order valence-corrected chi connectivity index (χ2v) is 12.9. The van der Waals surface area contributed by atoms with Gasteiger partial charge < -0.3 is 10.5 Å². The Kier molecular flexibility index (Phi) is 9.37. The first kappa shape index (κ1) is 35.9. The molecule has 1 aliphatic rings. The number of hydrogen-bond acceptors (Lipinski definition) is 7. The summed E-state index contributed by atoms with van der Waals surface area (Å²) in [6.45, 7) is 2.92. The number of sulfone groups is 1. The molecule has 0 spiro atoms. The van der Waals surface area contributed by atoms with Crippen LogP contribution >= 0.6 is 0 Å². The van der Waals surface area contributed by atoms with Gasteiger partial charge in [-0.15, -0.1) is 0 Å². The maximum Gasteiger partial charge on any atom is 0.416 e. The van der Waals surface area contributed by atoms with Gasteiger partial charge in [0.2, 0.25) is 15.0 Å². The molecule has 18 heteroatoms. The third-order valence-electron chi connectivity index (χ3n) is 7.62. The molecule has 8 nitrogen and oxygen atoms in total. The first-order valence-electron chi connectivity index (χ1n) is 13.8. The van der Waals surface area contributed by atoms with Crippen molar-refractivity contribution in [2.24, 2.45) is 5.73 Å². The third kappa shape index (κ3) is 7.47. The van der Waals surface area contributed by atoms with Gasteiger partial charge in [-0.2, -0.15) is 39.5 Å². The smallest absolute Gasteiger partial charge is 0.416 e. The Hall–Kier alpha value is -3.93. The van der Waals surface area contributed by atoms with Crippen LogP contribution in [0.2, 0.25) is 0 Å². The molecule has 0 unspecified atom stereocenters. The zero-order valence-corrected chi connectivity index (χ0v) is 25.6. The number of hydrogen-bond donors (Lipinski definition) is 1. The molecule has 1 aliphatic heterocycles. The minimum atomic E-state index is -5.18. The van der Waals surface area contributed by atoms with E-state index in [-0.39, 0.29) is 41.6 Å². The molecule has 256 valence electrons. The van der Waals surface area contributed by atoms with Crippen molar-refractivity contribution in [2.45, 2.75) is 68.4 Å². The van der Waals surface area contributed by atoms with Crippen molar-refractivity contribution in [3.8, 4) is 0 Å². The lowest BCUT2D eigenvalue weighted by molar-refractivity contribution is -0.143. The molecule has 0 bridgehead atoms. The van der Waals surface area contributed by atoms with Crippen LogP contribution in [-0.4, -0.2) is 43.0 Å². The molecule has 4 rings (SSSR count). The molecular weight excluding hydrogens is 671 g/mol. The largest absolute Gasteiger partial charge is 0.449 e. The van der Waals surface area contributed by atoms with Gasteiger partial charge in [-0.3, -0.25) is 4.90 Å². The minimum absolute atomic E-state index is 0.0231. The van der Waals surface area contributed by atoms with Gasteiger partial charge in [-0.05, 0) is 72.9 Å². The number of aromatic nitrogens is 2. The molecule has 0 saturated heterocycles. The fourth-order valence-electron chi connectivity index (χ4n) is 5.38. The summed E-state index contributed by atoms with van der Waals surface area (Å²) in [5.41, 5.74) is -0.843. The van der Waals surface area contributed by atoms with E-state index in [0.717, 1.165) is 23.4 Å².